The third-order valence-corrected chi connectivity index (χ3v) is 5.36. The third-order valence-electron chi connectivity index (χ3n) is 4.62. The van der Waals surface area contributed by atoms with Gasteiger partial charge in [-0.15, -0.1) is 0 Å². The lowest BCUT2D eigenvalue weighted by atomic mass is 10.2. The predicted octanol–water partition coefficient (Wildman–Crippen LogP) is 5.78. The van der Waals surface area contributed by atoms with Crippen LogP contribution in [0.1, 0.15) is 17.0 Å². The van der Waals surface area contributed by atoms with Crippen molar-refractivity contribution in [2.75, 3.05) is 6.54 Å². The summed E-state index contributed by atoms with van der Waals surface area (Å²) in [7, 11) is 0. The maximum atomic E-state index is 6.04. The number of fused-ring (bicyclic) bond motifs is 1. The maximum Gasteiger partial charge on any atom is 0.119 e. The van der Waals surface area contributed by atoms with Gasteiger partial charge < -0.3 is 15.0 Å². The Bertz CT molecular complexity index is 1060. The number of nitrogens with zero attached hydrogens (tertiary/aromatic N) is 1. The summed E-state index contributed by atoms with van der Waals surface area (Å²) in [4.78, 5) is 7.95. The number of ether oxygens (including phenoxy) is 1. The standard InChI is InChI=1S/C23H21Cl2N3O/c24-19-10-7-17(13-20(19)25)15-29-18-8-5-16(6-9-18)14-26-12-11-23-27-21-3-1-2-4-22(21)28-23/h1-10,13,26H,11-12,14-15H2,(H,27,28). The zero-order valence-corrected chi connectivity index (χ0v) is 17.3. The second-order valence-electron chi connectivity index (χ2n) is 6.81. The van der Waals surface area contributed by atoms with Gasteiger partial charge in [0.25, 0.3) is 0 Å². The van der Waals surface area contributed by atoms with E-state index in [2.05, 4.69) is 27.4 Å². The molecule has 1 heterocycles. The highest BCUT2D eigenvalue weighted by Gasteiger charge is 2.03. The molecule has 3 aromatic carbocycles. The predicted molar refractivity (Wildman–Crippen MR) is 119 cm³/mol. The molecule has 0 aliphatic rings. The van der Waals surface area contributed by atoms with E-state index >= 15 is 0 Å². The van der Waals surface area contributed by atoms with Crippen molar-refractivity contribution in [2.24, 2.45) is 0 Å². The van der Waals surface area contributed by atoms with E-state index in [1.54, 1.807) is 6.07 Å². The second-order valence-corrected chi connectivity index (χ2v) is 7.62. The molecule has 0 amide bonds. The van der Waals surface area contributed by atoms with Crippen LogP contribution in [-0.4, -0.2) is 16.5 Å². The van der Waals surface area contributed by atoms with Crippen LogP contribution >= 0.6 is 23.2 Å². The van der Waals surface area contributed by atoms with E-state index < -0.39 is 0 Å². The van der Waals surface area contributed by atoms with Gasteiger partial charge in [0.05, 0.1) is 21.1 Å². The van der Waals surface area contributed by atoms with Crippen LogP contribution in [0.2, 0.25) is 10.0 Å². The highest BCUT2D eigenvalue weighted by Crippen LogP contribution is 2.23. The average molecular weight is 426 g/mol. The molecule has 0 saturated carbocycles. The Balaban J connectivity index is 1.22. The molecule has 0 aliphatic heterocycles. The Morgan fingerprint density at radius 2 is 1.69 bits per heavy atom. The lowest BCUT2D eigenvalue weighted by Gasteiger charge is -2.09. The third kappa shape index (κ3) is 5.30. The summed E-state index contributed by atoms with van der Waals surface area (Å²) in [5.74, 6) is 1.83. The number of halogens is 2. The van der Waals surface area contributed by atoms with Crippen molar-refractivity contribution in [3.8, 4) is 5.75 Å². The van der Waals surface area contributed by atoms with E-state index in [1.807, 2.05) is 48.5 Å². The first-order valence-corrected chi connectivity index (χ1v) is 10.2. The molecule has 0 fully saturated rings. The normalized spacial score (nSPS) is 11.1. The van der Waals surface area contributed by atoms with Crippen LogP contribution in [0.15, 0.2) is 66.7 Å². The highest BCUT2D eigenvalue weighted by atomic mass is 35.5. The smallest absolute Gasteiger partial charge is 0.119 e. The van der Waals surface area contributed by atoms with Crippen LogP contribution in [0.3, 0.4) is 0 Å². The molecule has 0 saturated heterocycles. The molecule has 4 nitrogen and oxygen atoms in total. The van der Waals surface area contributed by atoms with E-state index in [0.717, 1.165) is 47.7 Å². The van der Waals surface area contributed by atoms with Crippen molar-refractivity contribution in [1.29, 1.82) is 0 Å². The van der Waals surface area contributed by atoms with E-state index in [1.165, 1.54) is 5.56 Å². The van der Waals surface area contributed by atoms with E-state index in [9.17, 15) is 0 Å². The maximum absolute atomic E-state index is 6.04. The summed E-state index contributed by atoms with van der Waals surface area (Å²) >= 11 is 12.0. The molecule has 4 rings (SSSR count). The van der Waals surface area contributed by atoms with Gasteiger partial charge in [-0.3, -0.25) is 0 Å². The zero-order valence-electron chi connectivity index (χ0n) is 15.8. The molecule has 1 aromatic heterocycles. The van der Waals surface area contributed by atoms with E-state index in [4.69, 9.17) is 27.9 Å². The van der Waals surface area contributed by atoms with Crippen molar-refractivity contribution in [3.05, 3.63) is 93.7 Å². The van der Waals surface area contributed by atoms with Crippen molar-refractivity contribution < 1.29 is 4.74 Å². The van der Waals surface area contributed by atoms with Crippen molar-refractivity contribution in [2.45, 2.75) is 19.6 Å². The minimum Gasteiger partial charge on any atom is -0.489 e. The lowest BCUT2D eigenvalue weighted by molar-refractivity contribution is 0.306. The number of rotatable bonds is 8. The summed E-state index contributed by atoms with van der Waals surface area (Å²) < 4.78 is 5.82. The second kappa shape index (κ2) is 9.31. The van der Waals surface area contributed by atoms with Crippen molar-refractivity contribution >= 4 is 34.2 Å². The largest absolute Gasteiger partial charge is 0.489 e. The van der Waals surface area contributed by atoms with Gasteiger partial charge in [-0.1, -0.05) is 53.5 Å². The number of hydrogen-bond donors (Lipinski definition) is 2. The first-order valence-electron chi connectivity index (χ1n) is 9.47. The molecule has 2 N–H and O–H groups in total. The van der Waals surface area contributed by atoms with Gasteiger partial charge in [0.1, 0.15) is 18.2 Å². The van der Waals surface area contributed by atoms with Gasteiger partial charge in [0, 0.05) is 19.5 Å². The van der Waals surface area contributed by atoms with E-state index in [-0.39, 0.29) is 0 Å². The van der Waals surface area contributed by atoms with Crippen molar-refractivity contribution in [3.63, 3.8) is 0 Å². The topological polar surface area (TPSA) is 49.9 Å². The van der Waals surface area contributed by atoms with Gasteiger partial charge in [-0.2, -0.15) is 0 Å². The number of imidazole rings is 1. The van der Waals surface area contributed by atoms with E-state index in [0.29, 0.717) is 16.7 Å². The average Bonchev–Trinajstić information content (AvgIpc) is 3.16. The van der Waals surface area contributed by atoms with Gasteiger partial charge in [-0.25, -0.2) is 4.98 Å². The molecule has 0 unspecified atom stereocenters. The molecular weight excluding hydrogens is 405 g/mol. The fraction of sp³-hybridized carbons (Fsp3) is 0.174. The molecule has 0 spiro atoms. The molecule has 29 heavy (non-hydrogen) atoms. The van der Waals surface area contributed by atoms with Gasteiger partial charge >= 0.3 is 0 Å². The zero-order chi connectivity index (χ0) is 20.1. The number of nitrogens with one attached hydrogen (secondary N) is 2. The molecule has 0 radical (unpaired) electrons. The number of aromatic amines is 1. The molecule has 6 heteroatoms. The quantitative estimate of drug-likeness (QED) is 0.351. The summed E-state index contributed by atoms with van der Waals surface area (Å²) in [6.45, 7) is 2.11. The molecule has 148 valence electrons. The number of hydrogen-bond acceptors (Lipinski definition) is 3. The first kappa shape index (κ1) is 19.8. The number of para-hydroxylation sites is 2. The number of aromatic nitrogens is 2. The first-order chi connectivity index (χ1) is 14.2. The molecule has 0 atom stereocenters. The molecular formula is C23H21Cl2N3O. The Labute approximate surface area is 179 Å². The fourth-order valence-electron chi connectivity index (χ4n) is 3.06. The van der Waals surface area contributed by atoms with Crippen LogP contribution in [0.4, 0.5) is 0 Å². The molecule has 0 bridgehead atoms. The lowest BCUT2D eigenvalue weighted by Crippen LogP contribution is -2.17. The monoisotopic (exact) mass is 425 g/mol. The van der Waals surface area contributed by atoms with Gasteiger partial charge in [0.2, 0.25) is 0 Å². The van der Waals surface area contributed by atoms with Gasteiger partial charge in [0.15, 0.2) is 0 Å². The van der Waals surface area contributed by atoms with Crippen LogP contribution in [-0.2, 0) is 19.6 Å². The Hall–Kier alpha value is -2.53. The van der Waals surface area contributed by atoms with Crippen LogP contribution in [0, 0.1) is 0 Å². The van der Waals surface area contributed by atoms with Gasteiger partial charge in [-0.05, 0) is 47.5 Å². The Kier molecular flexibility index (Phi) is 6.35. The summed E-state index contributed by atoms with van der Waals surface area (Å²) in [5.41, 5.74) is 4.28. The summed E-state index contributed by atoms with van der Waals surface area (Å²) in [6, 6.07) is 21.7. The number of benzene rings is 3. The minimum atomic E-state index is 0.450. The fourth-order valence-corrected chi connectivity index (χ4v) is 3.38. The van der Waals surface area contributed by atoms with Crippen molar-refractivity contribution in [1.82, 2.24) is 15.3 Å². The molecule has 4 aromatic rings. The SMILES string of the molecule is Clc1ccc(COc2ccc(CNCCc3nc4ccccc4[nH]3)cc2)cc1Cl. The highest BCUT2D eigenvalue weighted by molar-refractivity contribution is 6.42. The summed E-state index contributed by atoms with van der Waals surface area (Å²) in [6.07, 6.45) is 0.861. The summed E-state index contributed by atoms with van der Waals surface area (Å²) in [5, 5.41) is 4.54. The van der Waals surface area contributed by atoms with Crippen LogP contribution < -0.4 is 10.1 Å². The molecule has 0 aliphatic carbocycles. The number of H-pyrrole nitrogens is 1. The Morgan fingerprint density at radius 3 is 2.48 bits per heavy atom. The Morgan fingerprint density at radius 1 is 0.897 bits per heavy atom. The minimum absolute atomic E-state index is 0.450. The van der Waals surface area contributed by atoms with Crippen LogP contribution in [0.25, 0.3) is 11.0 Å². The van der Waals surface area contributed by atoms with Crippen LogP contribution in [0.5, 0.6) is 5.75 Å².